The molecule has 20 heavy (non-hydrogen) atoms. The minimum atomic E-state index is -0.472. The highest BCUT2D eigenvalue weighted by Gasteiger charge is 2.16. The first kappa shape index (κ1) is 13.9. The van der Waals surface area contributed by atoms with Crippen LogP contribution < -0.4 is 5.32 Å². The summed E-state index contributed by atoms with van der Waals surface area (Å²) in [6, 6.07) is 6.58. The second-order valence-corrected chi connectivity index (χ2v) is 4.69. The summed E-state index contributed by atoms with van der Waals surface area (Å²) in [4.78, 5) is 23.0. The Morgan fingerprint density at radius 2 is 1.80 bits per heavy atom. The zero-order valence-electron chi connectivity index (χ0n) is 11.5. The number of rotatable bonds is 4. The molecule has 1 amide bonds. The van der Waals surface area contributed by atoms with E-state index in [9.17, 15) is 9.59 Å². The number of benzene rings is 1. The smallest absolute Gasteiger partial charge is 0.313 e. The van der Waals surface area contributed by atoms with Crippen molar-refractivity contribution in [3.63, 3.8) is 0 Å². The van der Waals surface area contributed by atoms with Gasteiger partial charge in [0.1, 0.15) is 0 Å². The Bertz CT molecular complexity index is 629. The molecule has 0 atom stereocenters. The molecule has 1 aromatic heterocycles. The average Bonchev–Trinajstić information content (AvgIpc) is 2.89. The van der Waals surface area contributed by atoms with Crippen LogP contribution in [0.4, 0.5) is 5.69 Å². The summed E-state index contributed by atoms with van der Waals surface area (Å²) in [5.41, 5.74) is 1.15. The van der Waals surface area contributed by atoms with Gasteiger partial charge in [-0.2, -0.15) is 0 Å². The van der Waals surface area contributed by atoms with Gasteiger partial charge >= 0.3 is 11.8 Å². The normalized spacial score (nSPS) is 10.6. The second kappa shape index (κ2) is 5.64. The van der Waals surface area contributed by atoms with Crippen LogP contribution in [0.1, 0.15) is 53.6 Å². The molecule has 1 heterocycles. The molecule has 0 unspecified atom stereocenters. The molecular weight excluding hydrogens is 258 g/mol. The first-order chi connectivity index (χ1) is 9.47. The molecule has 0 saturated heterocycles. The van der Waals surface area contributed by atoms with Gasteiger partial charge in [0.05, 0.1) is 0 Å². The van der Waals surface area contributed by atoms with Gasteiger partial charge < -0.3 is 9.73 Å². The molecule has 0 saturated carbocycles. The third-order valence-corrected chi connectivity index (χ3v) is 2.68. The summed E-state index contributed by atoms with van der Waals surface area (Å²) < 4.78 is 5.25. The Morgan fingerprint density at radius 1 is 1.15 bits per heavy atom. The van der Waals surface area contributed by atoms with E-state index < -0.39 is 5.91 Å². The standard InChI is InChI=1S/C14H15N3O3/c1-8(2)13-16-17-14(20-13)12(19)15-11-6-4-10(5-7-11)9(3)18/h4-8H,1-3H3,(H,15,19). The van der Waals surface area contributed by atoms with Crippen molar-refractivity contribution in [2.45, 2.75) is 26.7 Å². The lowest BCUT2D eigenvalue weighted by molar-refractivity contribution is 0.0986. The Hall–Kier alpha value is -2.50. The first-order valence-electron chi connectivity index (χ1n) is 6.23. The van der Waals surface area contributed by atoms with Gasteiger partial charge in [0.2, 0.25) is 5.89 Å². The molecule has 1 aromatic carbocycles. The van der Waals surface area contributed by atoms with Gasteiger partial charge in [-0.25, -0.2) is 0 Å². The number of nitrogens with zero attached hydrogens (tertiary/aromatic N) is 2. The molecule has 0 bridgehead atoms. The summed E-state index contributed by atoms with van der Waals surface area (Å²) in [7, 11) is 0. The van der Waals surface area contributed by atoms with E-state index in [-0.39, 0.29) is 17.6 Å². The van der Waals surface area contributed by atoms with Gasteiger partial charge in [-0.1, -0.05) is 13.8 Å². The van der Waals surface area contributed by atoms with E-state index in [1.807, 2.05) is 13.8 Å². The van der Waals surface area contributed by atoms with Crippen LogP contribution in [0.3, 0.4) is 0 Å². The topological polar surface area (TPSA) is 85.1 Å². The predicted molar refractivity (Wildman–Crippen MR) is 72.8 cm³/mol. The lowest BCUT2D eigenvalue weighted by atomic mass is 10.1. The van der Waals surface area contributed by atoms with Crippen molar-refractivity contribution in [3.8, 4) is 0 Å². The lowest BCUT2D eigenvalue weighted by Gasteiger charge is -2.03. The Morgan fingerprint density at radius 3 is 2.30 bits per heavy atom. The maximum Gasteiger partial charge on any atom is 0.313 e. The van der Waals surface area contributed by atoms with E-state index in [1.165, 1.54) is 6.92 Å². The highest BCUT2D eigenvalue weighted by Crippen LogP contribution is 2.14. The molecule has 0 aliphatic rings. The number of aromatic nitrogens is 2. The van der Waals surface area contributed by atoms with Gasteiger partial charge in [-0.05, 0) is 31.2 Å². The minimum absolute atomic E-state index is 0.0265. The maximum absolute atomic E-state index is 11.9. The maximum atomic E-state index is 11.9. The van der Waals surface area contributed by atoms with Crippen LogP contribution in [0.5, 0.6) is 0 Å². The van der Waals surface area contributed by atoms with Crippen molar-refractivity contribution in [2.75, 3.05) is 5.32 Å². The average molecular weight is 273 g/mol. The number of ketones is 1. The van der Waals surface area contributed by atoms with E-state index >= 15 is 0 Å². The fraction of sp³-hybridized carbons (Fsp3) is 0.286. The second-order valence-electron chi connectivity index (χ2n) is 4.69. The zero-order chi connectivity index (χ0) is 14.7. The number of hydrogen-bond acceptors (Lipinski definition) is 5. The van der Waals surface area contributed by atoms with E-state index in [0.717, 1.165) is 0 Å². The monoisotopic (exact) mass is 273 g/mol. The highest BCUT2D eigenvalue weighted by molar-refractivity contribution is 6.01. The third-order valence-electron chi connectivity index (χ3n) is 2.68. The Kier molecular flexibility index (Phi) is 3.93. The van der Waals surface area contributed by atoms with Gasteiger partial charge in [0.15, 0.2) is 5.78 Å². The Balaban J connectivity index is 2.08. The van der Waals surface area contributed by atoms with Crippen LogP contribution in [0, 0.1) is 0 Å². The van der Waals surface area contributed by atoms with Crippen LogP contribution in [-0.2, 0) is 0 Å². The molecule has 6 heteroatoms. The predicted octanol–water partition coefficient (Wildman–Crippen LogP) is 2.65. The van der Waals surface area contributed by atoms with Gasteiger partial charge in [0.25, 0.3) is 0 Å². The van der Waals surface area contributed by atoms with E-state index in [4.69, 9.17) is 4.42 Å². The molecule has 2 aromatic rings. The number of carbonyl (C=O) groups is 2. The van der Waals surface area contributed by atoms with Gasteiger partial charge in [-0.15, -0.1) is 10.2 Å². The van der Waals surface area contributed by atoms with Crippen molar-refractivity contribution in [1.82, 2.24) is 10.2 Å². The van der Waals surface area contributed by atoms with Gasteiger partial charge in [-0.3, -0.25) is 9.59 Å². The quantitative estimate of drug-likeness (QED) is 0.865. The van der Waals surface area contributed by atoms with Crippen molar-refractivity contribution < 1.29 is 14.0 Å². The Labute approximate surface area is 116 Å². The molecule has 0 fully saturated rings. The highest BCUT2D eigenvalue weighted by atomic mass is 16.4. The number of carbonyl (C=O) groups excluding carboxylic acids is 2. The molecular formula is C14H15N3O3. The molecule has 2 rings (SSSR count). The number of anilines is 1. The van der Waals surface area contributed by atoms with Crippen molar-refractivity contribution >= 4 is 17.4 Å². The summed E-state index contributed by atoms with van der Waals surface area (Å²) in [5, 5.41) is 10.1. The largest absolute Gasteiger partial charge is 0.417 e. The molecule has 104 valence electrons. The molecule has 0 aliphatic heterocycles. The van der Waals surface area contributed by atoms with E-state index in [1.54, 1.807) is 24.3 Å². The van der Waals surface area contributed by atoms with Crippen molar-refractivity contribution in [3.05, 3.63) is 41.6 Å². The number of nitrogens with one attached hydrogen (secondary N) is 1. The number of Topliss-reactive ketones (excluding diaryl/α,β-unsaturated/α-hetero) is 1. The van der Waals surface area contributed by atoms with Crippen LogP contribution in [0.25, 0.3) is 0 Å². The number of amides is 1. The molecule has 0 radical (unpaired) electrons. The summed E-state index contributed by atoms with van der Waals surface area (Å²) in [6.45, 7) is 5.28. The van der Waals surface area contributed by atoms with Crippen LogP contribution in [-0.4, -0.2) is 21.9 Å². The van der Waals surface area contributed by atoms with Gasteiger partial charge in [0, 0.05) is 17.2 Å². The number of hydrogen-bond donors (Lipinski definition) is 1. The molecule has 0 spiro atoms. The van der Waals surface area contributed by atoms with E-state index in [0.29, 0.717) is 17.1 Å². The van der Waals surface area contributed by atoms with Crippen LogP contribution in [0.2, 0.25) is 0 Å². The van der Waals surface area contributed by atoms with Crippen molar-refractivity contribution in [2.24, 2.45) is 0 Å². The summed E-state index contributed by atoms with van der Waals surface area (Å²) >= 11 is 0. The minimum Gasteiger partial charge on any atom is -0.417 e. The molecule has 6 nitrogen and oxygen atoms in total. The van der Waals surface area contributed by atoms with Crippen molar-refractivity contribution in [1.29, 1.82) is 0 Å². The third kappa shape index (κ3) is 3.09. The fourth-order valence-corrected chi connectivity index (χ4v) is 1.53. The van der Waals surface area contributed by atoms with Crippen LogP contribution >= 0.6 is 0 Å². The molecule has 1 N–H and O–H groups in total. The first-order valence-corrected chi connectivity index (χ1v) is 6.23. The SMILES string of the molecule is CC(=O)c1ccc(NC(=O)c2nnc(C(C)C)o2)cc1. The fourth-order valence-electron chi connectivity index (χ4n) is 1.53. The van der Waals surface area contributed by atoms with E-state index in [2.05, 4.69) is 15.5 Å². The summed E-state index contributed by atoms with van der Waals surface area (Å²) in [5.74, 6) is -0.0911. The lowest BCUT2D eigenvalue weighted by Crippen LogP contribution is -2.12. The molecule has 0 aliphatic carbocycles. The van der Waals surface area contributed by atoms with Crippen LogP contribution in [0.15, 0.2) is 28.7 Å². The summed E-state index contributed by atoms with van der Waals surface area (Å²) in [6.07, 6.45) is 0. The zero-order valence-corrected chi connectivity index (χ0v) is 11.5.